The van der Waals surface area contributed by atoms with Crippen molar-refractivity contribution in [2.45, 2.75) is 27.3 Å². The Kier molecular flexibility index (Phi) is 5.56. The molecular weight excluding hydrogens is 324 g/mol. The van der Waals surface area contributed by atoms with E-state index in [0.29, 0.717) is 17.8 Å². The summed E-state index contributed by atoms with van der Waals surface area (Å²) >= 11 is 1.58. The summed E-state index contributed by atoms with van der Waals surface area (Å²) in [5, 5.41) is 6.59. The molecule has 128 valence electrons. The summed E-state index contributed by atoms with van der Waals surface area (Å²) in [6.45, 7) is 6.17. The van der Waals surface area contributed by atoms with Crippen molar-refractivity contribution >= 4 is 29.0 Å². The van der Waals surface area contributed by atoms with E-state index in [1.165, 1.54) is 4.90 Å². The Balaban J connectivity index is 1.98. The third-order valence-corrected chi connectivity index (χ3v) is 4.60. The number of nitrogens with one attached hydrogen (secondary N) is 2. The number of carbonyl (C=O) groups excluding carboxylic acids is 2. The molecule has 0 aliphatic carbocycles. The van der Waals surface area contributed by atoms with Gasteiger partial charge in [-0.15, -0.1) is 11.3 Å². The Hall–Kier alpha value is -2.41. The van der Waals surface area contributed by atoms with Gasteiger partial charge in [-0.05, 0) is 44.5 Å². The van der Waals surface area contributed by atoms with Crippen molar-refractivity contribution < 1.29 is 9.59 Å². The SMILES string of the molecule is Cc1nc(C)c(CNC(=O)Nc2ccc(C(=O)N(C)C)c(C)c2)s1. The number of thiazole rings is 1. The van der Waals surface area contributed by atoms with Crippen LogP contribution in [0.25, 0.3) is 0 Å². The van der Waals surface area contributed by atoms with Crippen LogP contribution in [-0.2, 0) is 6.54 Å². The van der Waals surface area contributed by atoms with Crippen molar-refractivity contribution in [1.29, 1.82) is 0 Å². The Labute approximate surface area is 145 Å². The molecule has 0 aliphatic rings. The molecule has 7 heteroatoms. The molecule has 0 saturated heterocycles. The molecule has 2 rings (SSSR count). The molecule has 6 nitrogen and oxygen atoms in total. The van der Waals surface area contributed by atoms with Crippen LogP contribution < -0.4 is 10.6 Å². The number of nitrogens with zero attached hydrogens (tertiary/aromatic N) is 2. The standard InChI is InChI=1S/C17H22N4O2S/c1-10-8-13(6-7-14(10)16(22)21(4)5)20-17(23)18-9-15-11(2)19-12(3)24-15/h6-8H,9H2,1-5H3,(H2,18,20,23). The molecule has 1 aromatic carbocycles. The van der Waals surface area contributed by atoms with Crippen LogP contribution in [0.4, 0.5) is 10.5 Å². The van der Waals surface area contributed by atoms with Gasteiger partial charge in [0.1, 0.15) is 0 Å². The lowest BCUT2D eigenvalue weighted by Gasteiger charge is -2.14. The van der Waals surface area contributed by atoms with Crippen molar-refractivity contribution in [3.8, 4) is 0 Å². The highest BCUT2D eigenvalue weighted by atomic mass is 32.1. The molecule has 24 heavy (non-hydrogen) atoms. The summed E-state index contributed by atoms with van der Waals surface area (Å²) in [6.07, 6.45) is 0. The van der Waals surface area contributed by atoms with Crippen molar-refractivity contribution in [3.05, 3.63) is 44.9 Å². The second kappa shape index (κ2) is 7.44. The Morgan fingerprint density at radius 2 is 1.92 bits per heavy atom. The molecule has 0 radical (unpaired) electrons. The number of anilines is 1. The molecule has 2 N–H and O–H groups in total. The van der Waals surface area contributed by atoms with Crippen molar-refractivity contribution in [1.82, 2.24) is 15.2 Å². The smallest absolute Gasteiger partial charge is 0.319 e. The molecule has 2 aromatic rings. The molecule has 1 heterocycles. The second-order valence-electron chi connectivity index (χ2n) is 5.78. The zero-order chi connectivity index (χ0) is 17.9. The van der Waals surface area contributed by atoms with E-state index >= 15 is 0 Å². The number of aromatic nitrogens is 1. The molecule has 0 unspecified atom stereocenters. The van der Waals surface area contributed by atoms with Crippen LogP contribution >= 0.6 is 11.3 Å². The minimum Gasteiger partial charge on any atom is -0.345 e. The van der Waals surface area contributed by atoms with Gasteiger partial charge in [-0.3, -0.25) is 4.79 Å². The van der Waals surface area contributed by atoms with E-state index < -0.39 is 0 Å². The van der Waals surface area contributed by atoms with Gasteiger partial charge in [0.05, 0.1) is 17.2 Å². The average Bonchev–Trinajstić information content (AvgIpc) is 2.82. The molecule has 0 bridgehead atoms. The molecule has 3 amide bonds. The number of hydrogen-bond acceptors (Lipinski definition) is 4. The van der Waals surface area contributed by atoms with Gasteiger partial charge in [0.15, 0.2) is 0 Å². The maximum atomic E-state index is 12.0. The molecular formula is C17H22N4O2S. The fraction of sp³-hybridized carbons (Fsp3) is 0.353. The molecule has 0 atom stereocenters. The Morgan fingerprint density at radius 3 is 2.46 bits per heavy atom. The zero-order valence-corrected chi connectivity index (χ0v) is 15.4. The van der Waals surface area contributed by atoms with Crippen LogP contribution in [0.5, 0.6) is 0 Å². The first-order chi connectivity index (χ1) is 11.3. The number of carbonyl (C=O) groups is 2. The second-order valence-corrected chi connectivity index (χ2v) is 7.07. The van der Waals surface area contributed by atoms with Gasteiger partial charge in [0, 0.05) is 30.2 Å². The molecule has 0 saturated carbocycles. The summed E-state index contributed by atoms with van der Waals surface area (Å²) in [5.41, 5.74) is 3.04. The van der Waals surface area contributed by atoms with Gasteiger partial charge >= 0.3 is 6.03 Å². The number of rotatable bonds is 4. The van der Waals surface area contributed by atoms with Crippen molar-refractivity contribution in [2.75, 3.05) is 19.4 Å². The van der Waals surface area contributed by atoms with Gasteiger partial charge in [0.25, 0.3) is 5.91 Å². The van der Waals surface area contributed by atoms with E-state index in [4.69, 9.17) is 0 Å². The quantitative estimate of drug-likeness (QED) is 0.893. The maximum Gasteiger partial charge on any atom is 0.319 e. The fourth-order valence-electron chi connectivity index (χ4n) is 2.30. The highest BCUT2D eigenvalue weighted by Gasteiger charge is 2.12. The number of amides is 3. The average molecular weight is 346 g/mol. The van der Waals surface area contributed by atoms with E-state index in [0.717, 1.165) is 21.1 Å². The minimum atomic E-state index is -0.286. The van der Waals surface area contributed by atoms with Crippen LogP contribution in [0.2, 0.25) is 0 Å². The van der Waals surface area contributed by atoms with Gasteiger partial charge in [0.2, 0.25) is 0 Å². The fourth-order valence-corrected chi connectivity index (χ4v) is 3.17. The Bertz CT molecular complexity index is 768. The van der Waals surface area contributed by atoms with E-state index in [1.54, 1.807) is 43.6 Å². The van der Waals surface area contributed by atoms with Crippen LogP contribution in [0.3, 0.4) is 0 Å². The first kappa shape index (κ1) is 17.9. The summed E-state index contributed by atoms with van der Waals surface area (Å²) in [5.74, 6) is -0.0560. The number of aryl methyl sites for hydroxylation is 3. The normalized spacial score (nSPS) is 10.4. The van der Waals surface area contributed by atoms with Gasteiger partial charge in [-0.2, -0.15) is 0 Å². The van der Waals surface area contributed by atoms with E-state index in [9.17, 15) is 9.59 Å². The van der Waals surface area contributed by atoms with Gasteiger partial charge < -0.3 is 15.5 Å². The largest absolute Gasteiger partial charge is 0.345 e. The summed E-state index contributed by atoms with van der Waals surface area (Å²) in [7, 11) is 3.43. The highest BCUT2D eigenvalue weighted by molar-refractivity contribution is 7.11. The number of hydrogen-bond donors (Lipinski definition) is 2. The van der Waals surface area contributed by atoms with Crippen LogP contribution in [0.15, 0.2) is 18.2 Å². The molecule has 0 aliphatic heterocycles. The first-order valence-electron chi connectivity index (χ1n) is 7.58. The molecule has 1 aromatic heterocycles. The van der Waals surface area contributed by atoms with Crippen molar-refractivity contribution in [2.24, 2.45) is 0 Å². The van der Waals surface area contributed by atoms with Gasteiger partial charge in [-0.1, -0.05) is 0 Å². The van der Waals surface area contributed by atoms with E-state index in [-0.39, 0.29) is 11.9 Å². The van der Waals surface area contributed by atoms with Gasteiger partial charge in [-0.25, -0.2) is 9.78 Å². The van der Waals surface area contributed by atoms with E-state index in [2.05, 4.69) is 15.6 Å². The van der Waals surface area contributed by atoms with Crippen LogP contribution in [-0.4, -0.2) is 35.9 Å². The number of benzene rings is 1. The van der Waals surface area contributed by atoms with Crippen LogP contribution in [0, 0.1) is 20.8 Å². The lowest BCUT2D eigenvalue weighted by atomic mass is 10.1. The zero-order valence-electron chi connectivity index (χ0n) is 14.6. The topological polar surface area (TPSA) is 74.3 Å². The summed E-state index contributed by atoms with van der Waals surface area (Å²) in [6, 6.07) is 4.96. The molecule has 0 spiro atoms. The predicted octanol–water partition coefficient (Wildman–Crippen LogP) is 3.09. The monoisotopic (exact) mass is 346 g/mol. The third kappa shape index (κ3) is 4.32. The van der Waals surface area contributed by atoms with Crippen LogP contribution in [0.1, 0.15) is 31.5 Å². The lowest BCUT2D eigenvalue weighted by Crippen LogP contribution is -2.28. The Morgan fingerprint density at radius 1 is 1.21 bits per heavy atom. The lowest BCUT2D eigenvalue weighted by molar-refractivity contribution is 0.0827. The highest BCUT2D eigenvalue weighted by Crippen LogP contribution is 2.18. The number of urea groups is 1. The summed E-state index contributed by atoms with van der Waals surface area (Å²) in [4.78, 5) is 31.0. The molecule has 0 fully saturated rings. The third-order valence-electron chi connectivity index (χ3n) is 3.53. The summed E-state index contributed by atoms with van der Waals surface area (Å²) < 4.78 is 0. The van der Waals surface area contributed by atoms with Crippen molar-refractivity contribution in [3.63, 3.8) is 0 Å². The maximum absolute atomic E-state index is 12.0. The predicted molar refractivity (Wildman–Crippen MR) is 96.6 cm³/mol. The first-order valence-corrected chi connectivity index (χ1v) is 8.39. The minimum absolute atomic E-state index is 0.0560. The van der Waals surface area contributed by atoms with E-state index in [1.807, 2.05) is 20.8 Å².